The second kappa shape index (κ2) is 5.31. The van der Waals surface area contributed by atoms with Gasteiger partial charge in [-0.25, -0.2) is 5.84 Å². The number of rotatable bonds is 3. The number of carbonyl (C=O) groups excluding carboxylic acids is 1. The van der Waals surface area contributed by atoms with Gasteiger partial charge in [-0.1, -0.05) is 18.6 Å². The van der Waals surface area contributed by atoms with Crippen molar-refractivity contribution >= 4 is 5.91 Å². The van der Waals surface area contributed by atoms with Gasteiger partial charge in [-0.05, 0) is 42.4 Å². The first-order chi connectivity index (χ1) is 9.26. The third-order valence-corrected chi connectivity index (χ3v) is 4.56. The van der Waals surface area contributed by atoms with Crippen molar-refractivity contribution in [3.63, 3.8) is 0 Å². The lowest BCUT2D eigenvalue weighted by atomic mass is 10.0. The molecule has 1 heterocycles. The zero-order valence-electron chi connectivity index (χ0n) is 11.1. The molecule has 4 nitrogen and oxygen atoms in total. The van der Waals surface area contributed by atoms with Crippen LogP contribution in [0.2, 0.25) is 0 Å². The van der Waals surface area contributed by atoms with Gasteiger partial charge >= 0.3 is 0 Å². The third-order valence-electron chi connectivity index (χ3n) is 4.56. The van der Waals surface area contributed by atoms with Gasteiger partial charge in [0.15, 0.2) is 0 Å². The van der Waals surface area contributed by atoms with E-state index >= 15 is 0 Å². The van der Waals surface area contributed by atoms with E-state index in [0.29, 0.717) is 5.56 Å². The SMILES string of the molecule is NNC(=O)c1ccc(CN2CC3CCCC3C2)cc1. The van der Waals surface area contributed by atoms with E-state index in [1.165, 1.54) is 37.9 Å². The molecule has 1 aliphatic heterocycles. The molecule has 0 radical (unpaired) electrons. The monoisotopic (exact) mass is 259 g/mol. The van der Waals surface area contributed by atoms with E-state index in [9.17, 15) is 4.79 Å². The van der Waals surface area contributed by atoms with Crippen LogP contribution in [-0.2, 0) is 6.54 Å². The Bertz CT molecular complexity index is 445. The third kappa shape index (κ3) is 2.65. The molecular formula is C15H21N3O. The van der Waals surface area contributed by atoms with Crippen molar-refractivity contribution < 1.29 is 4.79 Å². The van der Waals surface area contributed by atoms with Gasteiger partial charge in [0.2, 0.25) is 0 Å². The minimum Gasteiger partial charge on any atom is -0.299 e. The molecule has 1 saturated heterocycles. The van der Waals surface area contributed by atoms with Crippen LogP contribution < -0.4 is 11.3 Å². The predicted molar refractivity (Wildman–Crippen MR) is 74.2 cm³/mol. The highest BCUT2D eigenvalue weighted by Crippen LogP contribution is 2.38. The average molecular weight is 259 g/mol. The molecular weight excluding hydrogens is 238 g/mol. The Morgan fingerprint density at radius 1 is 1.21 bits per heavy atom. The van der Waals surface area contributed by atoms with E-state index in [4.69, 9.17) is 5.84 Å². The van der Waals surface area contributed by atoms with Crippen molar-refractivity contribution in [1.29, 1.82) is 0 Å². The van der Waals surface area contributed by atoms with E-state index in [2.05, 4.69) is 10.3 Å². The molecule has 19 heavy (non-hydrogen) atoms. The van der Waals surface area contributed by atoms with Gasteiger partial charge in [-0.3, -0.25) is 15.1 Å². The molecule has 3 N–H and O–H groups in total. The first-order valence-electron chi connectivity index (χ1n) is 7.08. The summed E-state index contributed by atoms with van der Waals surface area (Å²) < 4.78 is 0. The minimum absolute atomic E-state index is 0.234. The summed E-state index contributed by atoms with van der Waals surface area (Å²) in [4.78, 5) is 13.9. The maximum absolute atomic E-state index is 11.4. The predicted octanol–water partition coefficient (Wildman–Crippen LogP) is 1.52. The Hall–Kier alpha value is -1.39. The Balaban J connectivity index is 1.60. The molecule has 102 valence electrons. The van der Waals surface area contributed by atoms with E-state index in [-0.39, 0.29) is 5.91 Å². The van der Waals surface area contributed by atoms with Gasteiger partial charge in [0.1, 0.15) is 0 Å². The number of nitrogens with zero attached hydrogens (tertiary/aromatic N) is 1. The number of likely N-dealkylation sites (tertiary alicyclic amines) is 1. The summed E-state index contributed by atoms with van der Waals surface area (Å²) in [5, 5.41) is 0. The Morgan fingerprint density at radius 2 is 1.84 bits per heavy atom. The van der Waals surface area contributed by atoms with Gasteiger partial charge in [0.05, 0.1) is 0 Å². The number of hydrazine groups is 1. The second-order valence-corrected chi connectivity index (χ2v) is 5.82. The molecule has 1 aliphatic carbocycles. The fraction of sp³-hybridized carbons (Fsp3) is 0.533. The van der Waals surface area contributed by atoms with Crippen molar-refractivity contribution in [2.45, 2.75) is 25.8 Å². The molecule has 1 saturated carbocycles. The summed E-state index contributed by atoms with van der Waals surface area (Å²) in [6, 6.07) is 7.74. The van der Waals surface area contributed by atoms with Crippen LogP contribution in [0.4, 0.5) is 0 Å². The van der Waals surface area contributed by atoms with E-state index in [0.717, 1.165) is 18.4 Å². The molecule has 1 amide bonds. The summed E-state index contributed by atoms with van der Waals surface area (Å²) in [5.74, 6) is 6.75. The first kappa shape index (κ1) is 12.6. The van der Waals surface area contributed by atoms with Gasteiger partial charge in [0.25, 0.3) is 5.91 Å². The number of nitrogens with one attached hydrogen (secondary N) is 1. The average Bonchev–Trinajstić information content (AvgIpc) is 2.99. The maximum Gasteiger partial charge on any atom is 0.265 e. The van der Waals surface area contributed by atoms with Gasteiger partial charge in [0, 0.05) is 25.2 Å². The number of fused-ring (bicyclic) bond motifs is 1. The van der Waals surface area contributed by atoms with Crippen LogP contribution in [0.25, 0.3) is 0 Å². The molecule has 0 aromatic heterocycles. The number of hydrogen-bond acceptors (Lipinski definition) is 3. The standard InChI is InChI=1S/C15H21N3O/c16-17-15(19)12-6-4-11(5-7-12)8-18-9-13-2-1-3-14(13)10-18/h4-7,13-14H,1-3,8-10,16H2,(H,17,19). The molecule has 0 spiro atoms. The molecule has 4 heteroatoms. The van der Waals surface area contributed by atoms with E-state index in [1.54, 1.807) is 0 Å². The summed E-state index contributed by atoms with van der Waals surface area (Å²) >= 11 is 0. The number of amides is 1. The fourth-order valence-electron chi connectivity index (χ4n) is 3.56. The van der Waals surface area contributed by atoms with Crippen LogP contribution in [0.3, 0.4) is 0 Å². The smallest absolute Gasteiger partial charge is 0.265 e. The highest BCUT2D eigenvalue weighted by Gasteiger charge is 2.35. The Labute approximate surface area is 113 Å². The number of nitrogen functional groups attached to an aromatic ring is 1. The van der Waals surface area contributed by atoms with Crippen molar-refractivity contribution in [1.82, 2.24) is 10.3 Å². The quantitative estimate of drug-likeness (QED) is 0.491. The normalized spacial score (nSPS) is 26.4. The van der Waals surface area contributed by atoms with Crippen LogP contribution in [0.1, 0.15) is 35.2 Å². The minimum atomic E-state index is -0.234. The summed E-state index contributed by atoms with van der Waals surface area (Å²) in [5.41, 5.74) is 4.04. The lowest BCUT2D eigenvalue weighted by Crippen LogP contribution is -2.29. The molecule has 3 rings (SSSR count). The zero-order chi connectivity index (χ0) is 13.2. The number of benzene rings is 1. The van der Waals surface area contributed by atoms with Gasteiger partial charge < -0.3 is 0 Å². The fourth-order valence-corrected chi connectivity index (χ4v) is 3.56. The molecule has 2 fully saturated rings. The molecule has 1 aromatic carbocycles. The molecule has 2 unspecified atom stereocenters. The second-order valence-electron chi connectivity index (χ2n) is 5.82. The van der Waals surface area contributed by atoms with Crippen LogP contribution in [0, 0.1) is 11.8 Å². The number of carbonyl (C=O) groups is 1. The zero-order valence-corrected chi connectivity index (χ0v) is 11.1. The maximum atomic E-state index is 11.4. The molecule has 0 bridgehead atoms. The van der Waals surface area contributed by atoms with Crippen LogP contribution >= 0.6 is 0 Å². The molecule has 1 aromatic rings. The highest BCUT2D eigenvalue weighted by atomic mass is 16.2. The lowest BCUT2D eigenvalue weighted by Gasteiger charge is -2.16. The largest absolute Gasteiger partial charge is 0.299 e. The molecule has 2 atom stereocenters. The van der Waals surface area contributed by atoms with Crippen LogP contribution in [0.15, 0.2) is 24.3 Å². The highest BCUT2D eigenvalue weighted by molar-refractivity contribution is 5.93. The van der Waals surface area contributed by atoms with Crippen molar-refractivity contribution in [3.05, 3.63) is 35.4 Å². The van der Waals surface area contributed by atoms with Crippen LogP contribution in [0.5, 0.6) is 0 Å². The van der Waals surface area contributed by atoms with Crippen molar-refractivity contribution in [2.24, 2.45) is 17.7 Å². The Kier molecular flexibility index (Phi) is 3.53. The van der Waals surface area contributed by atoms with Gasteiger partial charge in [-0.15, -0.1) is 0 Å². The summed E-state index contributed by atoms with van der Waals surface area (Å²) in [6.07, 6.45) is 4.25. The summed E-state index contributed by atoms with van der Waals surface area (Å²) in [6.45, 7) is 3.49. The first-order valence-corrected chi connectivity index (χ1v) is 7.08. The topological polar surface area (TPSA) is 58.4 Å². The van der Waals surface area contributed by atoms with E-state index < -0.39 is 0 Å². The lowest BCUT2D eigenvalue weighted by molar-refractivity contribution is 0.0953. The Morgan fingerprint density at radius 3 is 2.42 bits per heavy atom. The summed E-state index contributed by atoms with van der Waals surface area (Å²) in [7, 11) is 0. The van der Waals surface area contributed by atoms with Gasteiger partial charge in [-0.2, -0.15) is 0 Å². The van der Waals surface area contributed by atoms with Crippen molar-refractivity contribution in [2.75, 3.05) is 13.1 Å². The van der Waals surface area contributed by atoms with Crippen LogP contribution in [-0.4, -0.2) is 23.9 Å². The van der Waals surface area contributed by atoms with Crippen molar-refractivity contribution in [3.8, 4) is 0 Å². The molecule has 2 aliphatic rings. The van der Waals surface area contributed by atoms with E-state index in [1.807, 2.05) is 24.3 Å². The number of hydrogen-bond donors (Lipinski definition) is 2. The number of nitrogens with two attached hydrogens (primary N) is 1.